The molecule has 0 spiro atoms. The van der Waals surface area contributed by atoms with Gasteiger partial charge in [-0.3, -0.25) is 14.6 Å². The van der Waals surface area contributed by atoms with E-state index in [0.717, 1.165) is 38.3 Å². The first-order valence-corrected chi connectivity index (χ1v) is 9.13. The van der Waals surface area contributed by atoms with Crippen LogP contribution in [0.25, 0.3) is 0 Å². The predicted octanol–water partition coefficient (Wildman–Crippen LogP) is 2.61. The van der Waals surface area contributed by atoms with Crippen molar-refractivity contribution < 1.29 is 4.79 Å². The fourth-order valence-corrected chi connectivity index (χ4v) is 3.12. The van der Waals surface area contributed by atoms with Crippen molar-refractivity contribution in [2.45, 2.75) is 6.54 Å². The minimum Gasteiger partial charge on any atom is -0.297 e. The quantitative estimate of drug-likeness (QED) is 0.628. The number of hydrogen-bond donors (Lipinski definition) is 1. The normalized spacial score (nSPS) is 16.0. The first-order chi connectivity index (χ1) is 12.7. The molecule has 26 heavy (non-hydrogen) atoms. The molecule has 0 bridgehead atoms. The number of halogens is 1. The number of benzene rings is 2. The number of nitrogens with one attached hydrogen (secondary N) is 1. The summed E-state index contributed by atoms with van der Waals surface area (Å²) in [5.74, 6) is -0.107. The summed E-state index contributed by atoms with van der Waals surface area (Å²) in [5.41, 5.74) is 4.68. The standard InChI is InChI=1S/C20H23ClN4O/c21-19-9-5-4-8-18(19)14-22-23-20(26)16-25-12-10-24(11-13-25)15-17-6-2-1-3-7-17/h1-9,14H,10-13,15-16H2,(H,23,26)/b22-14+. The molecule has 1 aliphatic heterocycles. The van der Waals surface area contributed by atoms with E-state index < -0.39 is 0 Å². The highest BCUT2D eigenvalue weighted by Crippen LogP contribution is 2.12. The van der Waals surface area contributed by atoms with Crippen LogP contribution in [0.2, 0.25) is 5.02 Å². The van der Waals surface area contributed by atoms with E-state index in [1.807, 2.05) is 24.3 Å². The lowest BCUT2D eigenvalue weighted by Crippen LogP contribution is -2.48. The topological polar surface area (TPSA) is 47.9 Å². The second-order valence-electron chi connectivity index (χ2n) is 6.35. The molecule has 6 heteroatoms. The molecule has 1 amide bonds. The Morgan fingerprint density at radius 2 is 1.65 bits per heavy atom. The van der Waals surface area contributed by atoms with Crippen LogP contribution in [0.1, 0.15) is 11.1 Å². The van der Waals surface area contributed by atoms with E-state index in [9.17, 15) is 4.79 Å². The third-order valence-corrected chi connectivity index (χ3v) is 4.72. The van der Waals surface area contributed by atoms with Crippen LogP contribution >= 0.6 is 11.6 Å². The molecular formula is C20H23ClN4O. The molecule has 0 aromatic heterocycles. The molecule has 0 radical (unpaired) electrons. The highest BCUT2D eigenvalue weighted by molar-refractivity contribution is 6.33. The third kappa shape index (κ3) is 5.66. The number of carbonyl (C=O) groups excluding carboxylic acids is 1. The summed E-state index contributed by atoms with van der Waals surface area (Å²) in [6.07, 6.45) is 1.57. The molecule has 0 aliphatic carbocycles. The van der Waals surface area contributed by atoms with Gasteiger partial charge in [-0.1, -0.05) is 60.1 Å². The molecule has 5 nitrogen and oxygen atoms in total. The van der Waals surface area contributed by atoms with Gasteiger partial charge in [-0.25, -0.2) is 5.43 Å². The molecule has 0 unspecified atom stereocenters. The smallest absolute Gasteiger partial charge is 0.254 e. The molecule has 1 fully saturated rings. The van der Waals surface area contributed by atoms with Crippen LogP contribution < -0.4 is 5.43 Å². The maximum Gasteiger partial charge on any atom is 0.254 e. The second kappa shape index (κ2) is 9.48. The lowest BCUT2D eigenvalue weighted by Gasteiger charge is -2.34. The van der Waals surface area contributed by atoms with Crippen LogP contribution in [0.4, 0.5) is 0 Å². The maximum absolute atomic E-state index is 12.0. The summed E-state index contributed by atoms with van der Waals surface area (Å²) < 4.78 is 0. The molecule has 0 atom stereocenters. The van der Waals surface area contributed by atoms with Gasteiger partial charge in [0.2, 0.25) is 0 Å². The van der Waals surface area contributed by atoms with Crippen LogP contribution in [0.5, 0.6) is 0 Å². The average Bonchev–Trinajstić information content (AvgIpc) is 2.66. The van der Waals surface area contributed by atoms with Gasteiger partial charge in [-0.15, -0.1) is 0 Å². The van der Waals surface area contributed by atoms with Gasteiger partial charge in [-0.05, 0) is 11.6 Å². The minimum atomic E-state index is -0.107. The number of hydrogen-bond acceptors (Lipinski definition) is 4. The third-order valence-electron chi connectivity index (χ3n) is 4.38. The fraction of sp³-hybridized carbons (Fsp3) is 0.300. The Balaban J connectivity index is 1.39. The van der Waals surface area contributed by atoms with Gasteiger partial charge in [0, 0.05) is 43.3 Å². The van der Waals surface area contributed by atoms with E-state index >= 15 is 0 Å². The van der Waals surface area contributed by atoms with Gasteiger partial charge in [0.25, 0.3) is 5.91 Å². The van der Waals surface area contributed by atoms with Gasteiger partial charge < -0.3 is 0 Å². The second-order valence-corrected chi connectivity index (χ2v) is 6.76. The summed E-state index contributed by atoms with van der Waals surface area (Å²) in [5, 5.41) is 4.60. The van der Waals surface area contributed by atoms with Crippen molar-refractivity contribution in [2.75, 3.05) is 32.7 Å². The first-order valence-electron chi connectivity index (χ1n) is 8.76. The summed E-state index contributed by atoms with van der Waals surface area (Å²) in [4.78, 5) is 16.6. The largest absolute Gasteiger partial charge is 0.297 e. The van der Waals surface area contributed by atoms with Crippen LogP contribution in [0.3, 0.4) is 0 Å². The SMILES string of the molecule is O=C(CN1CCN(Cc2ccccc2)CC1)N/N=C/c1ccccc1Cl. The van der Waals surface area contributed by atoms with E-state index in [1.54, 1.807) is 12.3 Å². The molecule has 0 saturated carbocycles. The Hall–Kier alpha value is -2.21. The number of carbonyl (C=O) groups is 1. The van der Waals surface area contributed by atoms with Gasteiger partial charge in [0.05, 0.1) is 12.8 Å². The van der Waals surface area contributed by atoms with Crippen molar-refractivity contribution in [1.29, 1.82) is 0 Å². The van der Waals surface area contributed by atoms with Crippen molar-refractivity contribution in [3.63, 3.8) is 0 Å². The maximum atomic E-state index is 12.0. The van der Waals surface area contributed by atoms with Gasteiger partial charge in [0.1, 0.15) is 0 Å². The van der Waals surface area contributed by atoms with E-state index in [1.165, 1.54) is 5.56 Å². The molecule has 1 N–H and O–H groups in total. The van der Waals surface area contributed by atoms with Crippen molar-refractivity contribution in [3.8, 4) is 0 Å². The fourth-order valence-electron chi connectivity index (χ4n) is 2.94. The first kappa shape index (κ1) is 18.6. The zero-order valence-electron chi connectivity index (χ0n) is 14.6. The number of piperazine rings is 1. The Morgan fingerprint density at radius 3 is 2.38 bits per heavy atom. The summed E-state index contributed by atoms with van der Waals surface area (Å²) in [6, 6.07) is 17.9. The lowest BCUT2D eigenvalue weighted by atomic mass is 10.2. The van der Waals surface area contributed by atoms with Crippen LogP contribution in [-0.4, -0.2) is 54.6 Å². The highest BCUT2D eigenvalue weighted by Gasteiger charge is 2.18. The van der Waals surface area contributed by atoms with Gasteiger partial charge >= 0.3 is 0 Å². The van der Waals surface area contributed by atoms with E-state index in [2.05, 4.69) is 44.6 Å². The van der Waals surface area contributed by atoms with Crippen LogP contribution in [0, 0.1) is 0 Å². The van der Waals surface area contributed by atoms with E-state index in [4.69, 9.17) is 11.6 Å². The number of rotatable bonds is 6. The average molecular weight is 371 g/mol. The van der Waals surface area contributed by atoms with E-state index in [0.29, 0.717) is 11.6 Å². The molecule has 3 rings (SSSR count). The van der Waals surface area contributed by atoms with Crippen LogP contribution in [0.15, 0.2) is 59.7 Å². The van der Waals surface area contributed by atoms with Crippen molar-refractivity contribution >= 4 is 23.7 Å². The Morgan fingerprint density at radius 1 is 1.00 bits per heavy atom. The van der Waals surface area contributed by atoms with E-state index in [-0.39, 0.29) is 5.91 Å². The predicted molar refractivity (Wildman–Crippen MR) is 105 cm³/mol. The van der Waals surface area contributed by atoms with Gasteiger partial charge in [0.15, 0.2) is 0 Å². The Bertz CT molecular complexity index is 742. The number of nitrogens with zero attached hydrogens (tertiary/aromatic N) is 3. The monoisotopic (exact) mass is 370 g/mol. The zero-order chi connectivity index (χ0) is 18.2. The van der Waals surface area contributed by atoms with Crippen LogP contribution in [-0.2, 0) is 11.3 Å². The summed E-state index contributed by atoms with van der Waals surface area (Å²) >= 11 is 6.05. The number of hydrazone groups is 1. The molecular weight excluding hydrogens is 348 g/mol. The molecule has 1 saturated heterocycles. The summed E-state index contributed by atoms with van der Waals surface area (Å²) in [7, 11) is 0. The minimum absolute atomic E-state index is 0.107. The Kier molecular flexibility index (Phi) is 6.77. The molecule has 2 aromatic carbocycles. The van der Waals surface area contributed by atoms with Crippen molar-refractivity contribution in [2.24, 2.45) is 5.10 Å². The molecule has 136 valence electrons. The summed E-state index contributed by atoms with van der Waals surface area (Å²) in [6.45, 7) is 5.02. The van der Waals surface area contributed by atoms with Crippen molar-refractivity contribution in [3.05, 3.63) is 70.7 Å². The Labute approximate surface area is 159 Å². The zero-order valence-corrected chi connectivity index (χ0v) is 15.4. The molecule has 1 aliphatic rings. The van der Waals surface area contributed by atoms with Crippen molar-refractivity contribution in [1.82, 2.24) is 15.2 Å². The highest BCUT2D eigenvalue weighted by atomic mass is 35.5. The molecule has 1 heterocycles. The number of amides is 1. The molecule has 2 aromatic rings. The van der Waals surface area contributed by atoms with Gasteiger partial charge in [-0.2, -0.15) is 5.10 Å². The lowest BCUT2D eigenvalue weighted by molar-refractivity contribution is -0.122.